The molecule has 2 fully saturated rings. The first kappa shape index (κ1) is 10.4. The van der Waals surface area contributed by atoms with E-state index in [1.165, 1.54) is 19.3 Å². The molecule has 0 aromatic heterocycles. The average molecular weight is 197 g/mol. The van der Waals surface area contributed by atoms with Crippen LogP contribution >= 0.6 is 0 Å². The Hall–Kier alpha value is -0.0800. The summed E-state index contributed by atoms with van der Waals surface area (Å²) < 4.78 is 0. The molecule has 2 unspecified atom stereocenters. The fourth-order valence-electron chi connectivity index (χ4n) is 2.94. The Bertz CT molecular complexity index is 207. The van der Waals surface area contributed by atoms with E-state index in [2.05, 4.69) is 26.1 Å². The number of aliphatic hydroxyl groups is 1. The highest BCUT2D eigenvalue weighted by Gasteiger charge is 2.47. The van der Waals surface area contributed by atoms with Crippen molar-refractivity contribution >= 4 is 0 Å². The standard InChI is InChI=1S/C12H23NO/c1-11(2,3)12(14)7-9-5-4-6-10(8-12)13-9/h9-10,13-14H,4-8H2,1-3H3. The second-order valence-corrected chi connectivity index (χ2v) is 6.18. The number of fused-ring (bicyclic) bond motifs is 2. The summed E-state index contributed by atoms with van der Waals surface area (Å²) in [4.78, 5) is 0. The third-order valence-electron chi connectivity index (χ3n) is 4.14. The van der Waals surface area contributed by atoms with Crippen molar-refractivity contribution in [3.05, 3.63) is 0 Å². The SMILES string of the molecule is CC(C)(C)C1(O)CC2CCCC(C1)N2. The van der Waals surface area contributed by atoms with Gasteiger partial charge in [0.1, 0.15) is 0 Å². The fourth-order valence-corrected chi connectivity index (χ4v) is 2.94. The molecular weight excluding hydrogens is 174 g/mol. The van der Waals surface area contributed by atoms with Crippen LogP contribution in [0.4, 0.5) is 0 Å². The van der Waals surface area contributed by atoms with E-state index in [-0.39, 0.29) is 5.41 Å². The minimum atomic E-state index is -0.450. The first-order valence-corrected chi connectivity index (χ1v) is 5.89. The highest BCUT2D eigenvalue weighted by Crippen LogP contribution is 2.43. The van der Waals surface area contributed by atoms with Crippen LogP contribution in [-0.2, 0) is 0 Å². The molecular formula is C12H23NO. The Morgan fingerprint density at radius 3 is 2.07 bits per heavy atom. The van der Waals surface area contributed by atoms with Crippen molar-refractivity contribution in [2.45, 2.75) is 70.6 Å². The van der Waals surface area contributed by atoms with Gasteiger partial charge in [0, 0.05) is 12.1 Å². The maximum atomic E-state index is 10.7. The van der Waals surface area contributed by atoms with Crippen molar-refractivity contribution in [1.29, 1.82) is 0 Å². The lowest BCUT2D eigenvalue weighted by Gasteiger charge is -2.51. The van der Waals surface area contributed by atoms with Crippen LogP contribution in [0.3, 0.4) is 0 Å². The van der Waals surface area contributed by atoms with Crippen LogP contribution in [0.2, 0.25) is 0 Å². The van der Waals surface area contributed by atoms with E-state index in [1.807, 2.05) is 0 Å². The van der Waals surface area contributed by atoms with Crippen molar-refractivity contribution in [2.24, 2.45) is 5.41 Å². The summed E-state index contributed by atoms with van der Waals surface area (Å²) in [5, 5.41) is 14.3. The first-order chi connectivity index (χ1) is 6.41. The Kier molecular flexibility index (Phi) is 2.39. The average Bonchev–Trinajstić information content (AvgIpc) is 2.00. The van der Waals surface area contributed by atoms with Gasteiger partial charge < -0.3 is 10.4 Å². The largest absolute Gasteiger partial charge is 0.389 e. The molecule has 2 nitrogen and oxygen atoms in total. The van der Waals surface area contributed by atoms with Crippen molar-refractivity contribution in [3.63, 3.8) is 0 Å². The molecule has 0 radical (unpaired) electrons. The molecule has 2 bridgehead atoms. The Labute approximate surface area is 87.1 Å². The van der Waals surface area contributed by atoms with Gasteiger partial charge in [-0.3, -0.25) is 0 Å². The summed E-state index contributed by atoms with van der Waals surface area (Å²) in [6.07, 6.45) is 5.70. The maximum Gasteiger partial charge on any atom is 0.0725 e. The fraction of sp³-hybridized carbons (Fsp3) is 1.00. The molecule has 0 aliphatic carbocycles. The zero-order chi connectivity index (χ0) is 10.4. The van der Waals surface area contributed by atoms with Gasteiger partial charge in [0.2, 0.25) is 0 Å². The van der Waals surface area contributed by atoms with Gasteiger partial charge in [-0.2, -0.15) is 0 Å². The van der Waals surface area contributed by atoms with Crippen LogP contribution in [0.25, 0.3) is 0 Å². The third-order valence-corrected chi connectivity index (χ3v) is 4.14. The topological polar surface area (TPSA) is 32.3 Å². The Morgan fingerprint density at radius 2 is 1.64 bits per heavy atom. The van der Waals surface area contributed by atoms with Gasteiger partial charge in [0.25, 0.3) is 0 Å². The predicted octanol–water partition coefficient (Wildman–Crippen LogP) is 2.07. The second kappa shape index (κ2) is 3.21. The quantitative estimate of drug-likeness (QED) is 0.623. The van der Waals surface area contributed by atoms with Gasteiger partial charge in [-0.25, -0.2) is 0 Å². The summed E-state index contributed by atoms with van der Waals surface area (Å²) in [6, 6.07) is 1.12. The first-order valence-electron chi connectivity index (χ1n) is 5.89. The molecule has 2 atom stereocenters. The molecule has 0 spiro atoms. The van der Waals surface area contributed by atoms with Crippen LogP contribution in [0.1, 0.15) is 52.9 Å². The molecule has 2 heteroatoms. The molecule has 2 saturated heterocycles. The number of rotatable bonds is 0. The van der Waals surface area contributed by atoms with Crippen LogP contribution in [0.5, 0.6) is 0 Å². The lowest BCUT2D eigenvalue weighted by atomic mass is 9.65. The van der Waals surface area contributed by atoms with Gasteiger partial charge in [-0.1, -0.05) is 27.2 Å². The lowest BCUT2D eigenvalue weighted by Crippen LogP contribution is -2.60. The van der Waals surface area contributed by atoms with Crippen molar-refractivity contribution in [3.8, 4) is 0 Å². The molecule has 2 aliphatic rings. The van der Waals surface area contributed by atoms with E-state index in [9.17, 15) is 5.11 Å². The number of hydrogen-bond acceptors (Lipinski definition) is 2. The summed E-state index contributed by atoms with van der Waals surface area (Å²) in [7, 11) is 0. The van der Waals surface area contributed by atoms with Crippen LogP contribution in [0.15, 0.2) is 0 Å². The van der Waals surface area contributed by atoms with E-state index in [1.54, 1.807) is 0 Å². The molecule has 0 aromatic carbocycles. The minimum absolute atomic E-state index is 0.0168. The number of nitrogens with one attached hydrogen (secondary N) is 1. The van der Waals surface area contributed by atoms with E-state index < -0.39 is 5.60 Å². The van der Waals surface area contributed by atoms with Crippen LogP contribution in [-0.4, -0.2) is 22.8 Å². The molecule has 2 aliphatic heterocycles. The highest BCUT2D eigenvalue weighted by molar-refractivity contribution is 5.02. The smallest absolute Gasteiger partial charge is 0.0725 e. The van der Waals surface area contributed by atoms with Gasteiger partial charge >= 0.3 is 0 Å². The van der Waals surface area contributed by atoms with Gasteiger partial charge in [-0.15, -0.1) is 0 Å². The van der Waals surface area contributed by atoms with E-state index in [0.717, 1.165) is 12.8 Å². The molecule has 0 saturated carbocycles. The van der Waals surface area contributed by atoms with Crippen LogP contribution in [0, 0.1) is 5.41 Å². The zero-order valence-corrected chi connectivity index (χ0v) is 9.64. The number of piperidine rings is 2. The lowest BCUT2D eigenvalue weighted by molar-refractivity contribution is -0.107. The number of hydrogen-bond donors (Lipinski definition) is 2. The van der Waals surface area contributed by atoms with Gasteiger partial charge in [-0.05, 0) is 31.1 Å². The monoisotopic (exact) mass is 197 g/mol. The molecule has 2 rings (SSSR count). The van der Waals surface area contributed by atoms with Gasteiger partial charge in [0.15, 0.2) is 0 Å². The predicted molar refractivity (Wildman–Crippen MR) is 58.2 cm³/mol. The Morgan fingerprint density at radius 1 is 1.14 bits per heavy atom. The highest BCUT2D eigenvalue weighted by atomic mass is 16.3. The van der Waals surface area contributed by atoms with Crippen molar-refractivity contribution < 1.29 is 5.11 Å². The molecule has 2 heterocycles. The normalized spacial score (nSPS) is 43.7. The summed E-state index contributed by atoms with van der Waals surface area (Å²) in [5.74, 6) is 0. The Balaban J connectivity index is 2.15. The molecule has 0 aromatic rings. The molecule has 2 N–H and O–H groups in total. The zero-order valence-electron chi connectivity index (χ0n) is 9.64. The molecule has 0 amide bonds. The summed E-state index contributed by atoms with van der Waals surface area (Å²) in [6.45, 7) is 6.48. The van der Waals surface area contributed by atoms with E-state index in [0.29, 0.717) is 12.1 Å². The molecule has 82 valence electrons. The maximum absolute atomic E-state index is 10.7. The minimum Gasteiger partial charge on any atom is -0.389 e. The summed E-state index contributed by atoms with van der Waals surface area (Å²) >= 11 is 0. The second-order valence-electron chi connectivity index (χ2n) is 6.18. The third kappa shape index (κ3) is 1.70. The van der Waals surface area contributed by atoms with Crippen molar-refractivity contribution in [2.75, 3.05) is 0 Å². The van der Waals surface area contributed by atoms with Gasteiger partial charge in [0.05, 0.1) is 5.60 Å². The summed E-state index contributed by atoms with van der Waals surface area (Å²) in [5.41, 5.74) is -0.434. The van der Waals surface area contributed by atoms with Crippen molar-refractivity contribution in [1.82, 2.24) is 5.32 Å². The van der Waals surface area contributed by atoms with Crippen LogP contribution < -0.4 is 5.32 Å². The van der Waals surface area contributed by atoms with E-state index in [4.69, 9.17) is 0 Å². The molecule has 14 heavy (non-hydrogen) atoms. The van der Waals surface area contributed by atoms with E-state index >= 15 is 0 Å².